The number of hydrogen-bond donors (Lipinski definition) is 25. The van der Waals surface area contributed by atoms with Crippen molar-refractivity contribution in [2.24, 2.45) is 39.9 Å². The number of nitrogens with zero attached hydrogens (tertiary/aromatic N) is 1. The van der Waals surface area contributed by atoms with Crippen LogP contribution in [-0.2, 0) is 87.9 Å². The number of aliphatic imine (C=N–C) groups is 1. The van der Waals surface area contributed by atoms with Crippen LogP contribution in [0.25, 0.3) is 0 Å². The number of rotatable bonds is 23. The zero-order valence-corrected chi connectivity index (χ0v) is 65.6. The number of fused-ring (bicyclic) bond motifs is 2. The van der Waals surface area contributed by atoms with Crippen molar-refractivity contribution < 1.29 is 102 Å². The second-order valence-electron chi connectivity index (χ2n) is 27.0. The molecule has 0 radical (unpaired) electrons. The predicted octanol–water partition coefficient (Wildman–Crippen LogP) is -7.63. The van der Waals surface area contributed by atoms with Gasteiger partial charge in [0.1, 0.15) is 78.0 Å². The number of thiophene rings is 1. The van der Waals surface area contributed by atoms with Crippen molar-refractivity contribution in [3.63, 3.8) is 0 Å². The summed E-state index contributed by atoms with van der Waals surface area (Å²) < 4.78 is 0. The number of nitrogens with one attached hydrogen (secondary N) is 18. The van der Waals surface area contributed by atoms with E-state index in [-0.39, 0.29) is 76.9 Å². The lowest BCUT2D eigenvalue weighted by atomic mass is 9.98. The van der Waals surface area contributed by atoms with E-state index in [0.717, 1.165) is 0 Å². The third kappa shape index (κ3) is 36.3. The molecule has 1 aliphatic rings. The van der Waals surface area contributed by atoms with Crippen LogP contribution >= 0.6 is 23.1 Å². The highest BCUT2D eigenvalue weighted by atomic mass is 32.2. The summed E-state index contributed by atoms with van der Waals surface area (Å²) in [5, 5.41) is 96.8. The molecule has 1 aromatic rings. The number of amides is 15. The first-order chi connectivity index (χ1) is 52.6. The molecule has 2 bridgehead atoms. The van der Waals surface area contributed by atoms with Gasteiger partial charge in [0.15, 0.2) is 11.9 Å². The molecule has 13 atom stereocenters. The number of carbonyl (C=O) groups is 17. The van der Waals surface area contributed by atoms with Gasteiger partial charge in [0.2, 0.25) is 88.6 Å². The van der Waals surface area contributed by atoms with E-state index in [1.165, 1.54) is 50.8 Å². The van der Waals surface area contributed by atoms with E-state index < -0.39 is 249 Å². The Morgan fingerprint density at radius 2 is 1.00 bits per heavy atom. The Morgan fingerprint density at radius 1 is 0.554 bits per heavy atom. The molecule has 112 heavy (non-hydrogen) atoms. The van der Waals surface area contributed by atoms with Crippen LogP contribution in [0, 0.1) is 28.6 Å². The van der Waals surface area contributed by atoms with Gasteiger partial charge >= 0.3 is 11.9 Å². The van der Waals surface area contributed by atoms with Crippen LogP contribution < -0.4 is 102 Å². The molecule has 3 unspecified atom stereocenters. The molecule has 2 rings (SSSR count). The minimum Gasteiger partial charge on any atom is -0.481 e. The monoisotopic (exact) mass is 1620 g/mol. The standard InChI is InChI=1S/C67H110N22O21S2/c1-10-33(7)52-62(108)77-26-46(93)80-41(24-49(96)97)60(106)83-39(16-17-45(68)92)58(104)88-51(32(5)6)63(109)85-42(25-50(98)99)61(107)82-38(15-13-20-75-67(71)72)57(103)81-37(14-12-19-74-66(69)70)54(100)73-21-18-35-23-44(112-30-35)65(111-9)78-28-47(94)79-36(11-2)56(102)89-53(34(8)91)64(110)84-40(22-31(3)4)59(105)86-43(29-90)55(101)76-27-48(95)87-52/h23,30-34,36-43,51-53,90-91H,10-22,24-29H2,1-9H3,(H2,68,92)(H,73,100)(H,76,101)(H,77,108)(H,79,94)(H,80,93)(H,81,103)(H,82,107)(H,83,106)(H,84,110)(H,85,109)(H,86,105)(H,87,95)(H,88,104)(H,89,102)(H,96,97)(H,98,99)(H4,69,70,74)(H4,71,72,75)/b78-65-/t33-,34+,36?,37-,38-,39-,40-,41-,42-,43-,51?,52-,53?/m0/s1. The topological polar surface area (TPSA) is 702 Å². The summed E-state index contributed by atoms with van der Waals surface area (Å²) in [5.74, 6) is -22.0. The van der Waals surface area contributed by atoms with Crippen molar-refractivity contribution in [1.29, 1.82) is 10.8 Å². The van der Waals surface area contributed by atoms with Crippen molar-refractivity contribution >= 4 is 141 Å². The number of hydrogen-bond acceptors (Lipinski definition) is 24. The Labute approximate surface area is 654 Å². The second kappa shape index (κ2) is 50.1. The summed E-state index contributed by atoms with van der Waals surface area (Å²) in [6, 6.07) is -16.5. The molecule has 0 aliphatic carbocycles. The highest BCUT2D eigenvalue weighted by Gasteiger charge is 2.38. The molecule has 0 spiro atoms. The summed E-state index contributed by atoms with van der Waals surface area (Å²) in [6.07, 6.45) is -3.37. The molecule has 15 amide bonds. The molecule has 0 saturated carbocycles. The van der Waals surface area contributed by atoms with Crippen molar-refractivity contribution in [3.05, 3.63) is 21.9 Å². The van der Waals surface area contributed by atoms with Gasteiger partial charge in [-0.1, -0.05) is 54.9 Å². The number of thioether (sulfide) groups is 1. The van der Waals surface area contributed by atoms with E-state index in [9.17, 15) is 102 Å². The van der Waals surface area contributed by atoms with Gasteiger partial charge < -0.3 is 123 Å². The number of guanidine groups is 2. The van der Waals surface area contributed by atoms with Gasteiger partial charge in [-0.15, -0.1) is 23.1 Å². The van der Waals surface area contributed by atoms with E-state index in [2.05, 4.69) is 90.1 Å². The lowest BCUT2D eigenvalue weighted by Gasteiger charge is -2.28. The van der Waals surface area contributed by atoms with Crippen molar-refractivity contribution in [2.75, 3.05) is 52.1 Å². The molecule has 1 aromatic heterocycles. The maximum absolute atomic E-state index is 14.4. The molecule has 28 N–H and O–H groups in total. The molecule has 0 aromatic carbocycles. The summed E-state index contributed by atoms with van der Waals surface area (Å²) in [6.45, 7) is 8.68. The van der Waals surface area contributed by atoms with E-state index in [4.69, 9.17) is 28.0 Å². The average molecular weight is 1620 g/mol. The van der Waals surface area contributed by atoms with Crippen LogP contribution in [0.5, 0.6) is 0 Å². The number of aliphatic hydroxyl groups excluding tert-OH is 2. The number of carbonyl (C=O) groups excluding carboxylic acids is 15. The number of nitrogens with two attached hydrogens (primary N) is 3. The Balaban J connectivity index is 2.77. The predicted molar refractivity (Wildman–Crippen MR) is 407 cm³/mol. The molecule has 1 aliphatic heterocycles. The third-order valence-corrected chi connectivity index (χ3v) is 18.8. The average Bonchev–Trinajstić information content (AvgIpc) is 0.996. The van der Waals surface area contributed by atoms with Crippen LogP contribution in [0.2, 0.25) is 0 Å². The van der Waals surface area contributed by atoms with Gasteiger partial charge in [-0.3, -0.25) is 97.3 Å². The first-order valence-corrected chi connectivity index (χ1v) is 38.2. The Bertz CT molecular complexity index is 3520. The van der Waals surface area contributed by atoms with Crippen LogP contribution in [0.1, 0.15) is 136 Å². The minimum atomic E-state index is -2.04. The molecule has 0 saturated heterocycles. The molecular weight excluding hydrogens is 1510 g/mol. The Hall–Kier alpha value is -10.8. The largest absolute Gasteiger partial charge is 0.481 e. The van der Waals surface area contributed by atoms with Crippen molar-refractivity contribution in [2.45, 2.75) is 205 Å². The lowest BCUT2D eigenvalue weighted by molar-refractivity contribution is -0.142. The fraction of sp³-hybridized carbons (Fsp3) is 0.642. The van der Waals surface area contributed by atoms with Gasteiger partial charge in [0.05, 0.1) is 43.5 Å². The summed E-state index contributed by atoms with van der Waals surface area (Å²) in [4.78, 5) is 236. The smallest absolute Gasteiger partial charge is 0.305 e. The molecule has 626 valence electrons. The number of aliphatic carboxylic acids is 2. The molecule has 45 heteroatoms. The SMILES string of the molecule is CCC1NC(=O)C/N=C(\SC)c2cc(cs2)CCNC(=O)[C@H](CCCNC(=N)N)NC(=O)[C@H](CCCNC(=N)N)NC(=O)[C@H](CC(=O)O)NC(=O)C(C(C)C)NC(=O)[C@H](CCC(N)=O)NC(=O)[C@H](CC(=O)O)NC(=O)CNC(=O)[C@H]([C@@H](C)CC)NC(=O)CNC(=O)[C@H](CO)NC(=O)[C@H](CC(C)C)NC(=O)C([C@@H](C)O)NC1=O. The summed E-state index contributed by atoms with van der Waals surface area (Å²) >= 11 is 2.44. The van der Waals surface area contributed by atoms with Crippen molar-refractivity contribution in [1.82, 2.24) is 85.1 Å². The fourth-order valence-corrected chi connectivity index (χ4v) is 12.4. The highest BCUT2D eigenvalue weighted by molar-refractivity contribution is 8.14. The van der Waals surface area contributed by atoms with Gasteiger partial charge in [-0.2, -0.15) is 0 Å². The third-order valence-electron chi connectivity index (χ3n) is 16.9. The quantitative estimate of drug-likeness (QED) is 0.0275. The van der Waals surface area contributed by atoms with Gasteiger partial charge in [-0.25, -0.2) is 0 Å². The Kier molecular flexibility index (Phi) is 43.5. The minimum absolute atomic E-state index is 0.000864. The van der Waals surface area contributed by atoms with E-state index in [1.807, 2.05) is 0 Å². The first kappa shape index (κ1) is 97.2. The van der Waals surface area contributed by atoms with Crippen LogP contribution in [0.4, 0.5) is 0 Å². The molecule has 0 fully saturated rings. The lowest BCUT2D eigenvalue weighted by Crippen LogP contribution is -2.61. The first-order valence-electron chi connectivity index (χ1n) is 36.1. The maximum Gasteiger partial charge on any atom is 0.305 e. The summed E-state index contributed by atoms with van der Waals surface area (Å²) in [5.41, 5.74) is 17.0. The van der Waals surface area contributed by atoms with E-state index in [1.54, 1.807) is 45.4 Å². The van der Waals surface area contributed by atoms with Gasteiger partial charge in [0.25, 0.3) is 0 Å². The van der Waals surface area contributed by atoms with E-state index in [0.29, 0.717) is 15.5 Å². The summed E-state index contributed by atoms with van der Waals surface area (Å²) in [7, 11) is 0. The zero-order valence-electron chi connectivity index (χ0n) is 64.0. The van der Waals surface area contributed by atoms with Crippen LogP contribution in [0.15, 0.2) is 16.4 Å². The van der Waals surface area contributed by atoms with Crippen LogP contribution in [0.3, 0.4) is 0 Å². The molecule has 2 heterocycles. The second-order valence-corrected chi connectivity index (χ2v) is 28.7. The van der Waals surface area contributed by atoms with E-state index >= 15 is 0 Å². The highest BCUT2D eigenvalue weighted by Crippen LogP contribution is 2.21. The number of carboxylic acids is 2. The Morgan fingerprint density at radius 3 is 1.50 bits per heavy atom. The number of carboxylic acid groups (broad SMARTS) is 2. The zero-order chi connectivity index (χ0) is 84.6. The number of primary amides is 1. The normalized spacial score (nSPS) is 24.4. The van der Waals surface area contributed by atoms with Gasteiger partial charge in [-0.05, 0) is 99.3 Å². The fourth-order valence-electron chi connectivity index (χ4n) is 10.7. The number of aliphatic hydroxyl groups is 2. The van der Waals surface area contributed by atoms with Gasteiger partial charge in [0, 0.05) is 26.1 Å². The molecule has 43 nitrogen and oxygen atoms in total. The van der Waals surface area contributed by atoms with Crippen LogP contribution in [-0.4, -0.2) is 263 Å². The maximum atomic E-state index is 14.4. The molecular formula is C67H110N22O21S2. The van der Waals surface area contributed by atoms with Crippen molar-refractivity contribution in [3.8, 4) is 0 Å².